The molecule has 26 heavy (non-hydrogen) atoms. The Kier molecular flexibility index (Phi) is 5.73. The van der Waals surface area contributed by atoms with Gasteiger partial charge >= 0.3 is 0 Å². The van der Waals surface area contributed by atoms with Crippen LogP contribution in [0.2, 0.25) is 5.02 Å². The second kappa shape index (κ2) is 8.01. The van der Waals surface area contributed by atoms with Crippen LogP contribution in [0, 0.1) is 3.57 Å². The van der Waals surface area contributed by atoms with E-state index in [0.29, 0.717) is 27.5 Å². The molecule has 1 N–H and O–H groups in total. The Labute approximate surface area is 168 Å². The van der Waals surface area contributed by atoms with E-state index in [0.717, 1.165) is 8.96 Å². The van der Waals surface area contributed by atoms with Gasteiger partial charge in [-0.05, 0) is 72.0 Å². The average Bonchev–Trinajstić information content (AvgIpc) is 2.62. The average molecular weight is 481 g/mol. The number of fused-ring (bicyclic) bond motifs is 1. The molecule has 0 saturated carbocycles. The molecule has 1 heterocycles. The minimum Gasteiger partial charge on any atom is -0.480 e. The van der Waals surface area contributed by atoms with Crippen molar-refractivity contribution in [3.8, 4) is 5.75 Å². The fourth-order valence-corrected chi connectivity index (χ4v) is 3.58. The van der Waals surface area contributed by atoms with Crippen LogP contribution >= 0.6 is 34.2 Å². The number of ketones is 1. The molecule has 3 rings (SSSR count). The van der Waals surface area contributed by atoms with Crippen LogP contribution in [0.15, 0.2) is 48.7 Å². The van der Waals surface area contributed by atoms with Crippen LogP contribution < -0.4 is 10.1 Å². The van der Waals surface area contributed by atoms with E-state index in [1.807, 2.05) is 6.07 Å². The molecule has 0 radical (unpaired) electrons. The topological polar surface area (TPSA) is 68.3 Å². The Morgan fingerprint density at radius 1 is 1.23 bits per heavy atom. The third-order valence-electron chi connectivity index (χ3n) is 3.67. The van der Waals surface area contributed by atoms with E-state index in [9.17, 15) is 9.59 Å². The lowest BCUT2D eigenvalue weighted by Gasteiger charge is -2.12. The molecule has 0 aliphatic heterocycles. The molecule has 0 saturated heterocycles. The first kappa shape index (κ1) is 18.6. The molecule has 1 amide bonds. The second-order valence-electron chi connectivity index (χ2n) is 5.54. The summed E-state index contributed by atoms with van der Waals surface area (Å²) in [7, 11) is 0. The fourth-order valence-electron chi connectivity index (χ4n) is 2.41. The van der Waals surface area contributed by atoms with Crippen molar-refractivity contribution in [3.63, 3.8) is 0 Å². The SMILES string of the molecule is CC(=O)c1ccc(NC(=O)COc2c(I)cc(Cl)c3cccnc23)cc1. The van der Waals surface area contributed by atoms with Crippen molar-refractivity contribution in [1.82, 2.24) is 4.98 Å². The van der Waals surface area contributed by atoms with Gasteiger partial charge in [-0.1, -0.05) is 11.6 Å². The summed E-state index contributed by atoms with van der Waals surface area (Å²) in [6, 6.07) is 12.1. The smallest absolute Gasteiger partial charge is 0.262 e. The Morgan fingerprint density at radius 3 is 2.65 bits per heavy atom. The summed E-state index contributed by atoms with van der Waals surface area (Å²) in [4.78, 5) is 27.8. The third kappa shape index (κ3) is 4.13. The molecule has 3 aromatic rings. The van der Waals surface area contributed by atoms with Gasteiger partial charge in [0, 0.05) is 22.8 Å². The molecule has 132 valence electrons. The van der Waals surface area contributed by atoms with Crippen LogP contribution in [0.25, 0.3) is 10.9 Å². The molecule has 0 bridgehead atoms. The van der Waals surface area contributed by atoms with E-state index < -0.39 is 0 Å². The lowest BCUT2D eigenvalue weighted by atomic mass is 10.1. The van der Waals surface area contributed by atoms with E-state index in [1.54, 1.807) is 42.6 Å². The Bertz CT molecular complexity index is 990. The molecule has 1 aromatic heterocycles. The number of amides is 1. The maximum absolute atomic E-state index is 12.2. The van der Waals surface area contributed by atoms with E-state index in [1.165, 1.54) is 6.92 Å². The van der Waals surface area contributed by atoms with Gasteiger partial charge in [-0.3, -0.25) is 14.6 Å². The van der Waals surface area contributed by atoms with Gasteiger partial charge in [0.15, 0.2) is 18.1 Å². The molecule has 0 aliphatic carbocycles. The highest BCUT2D eigenvalue weighted by Gasteiger charge is 2.14. The summed E-state index contributed by atoms with van der Waals surface area (Å²) in [6.45, 7) is 1.32. The Hall–Kier alpha value is -2.19. The number of carbonyl (C=O) groups is 2. The fraction of sp³-hybridized carbons (Fsp3) is 0.105. The largest absolute Gasteiger partial charge is 0.480 e. The van der Waals surface area contributed by atoms with Crippen LogP contribution in [0.4, 0.5) is 5.69 Å². The first-order chi connectivity index (χ1) is 12.5. The van der Waals surface area contributed by atoms with Crippen LogP contribution in [-0.2, 0) is 4.79 Å². The molecule has 5 nitrogen and oxygen atoms in total. The molecule has 0 atom stereocenters. The monoisotopic (exact) mass is 480 g/mol. The van der Waals surface area contributed by atoms with Crippen molar-refractivity contribution in [3.05, 3.63) is 62.8 Å². The van der Waals surface area contributed by atoms with Gasteiger partial charge in [-0.2, -0.15) is 0 Å². The Balaban J connectivity index is 1.72. The van der Waals surface area contributed by atoms with Gasteiger partial charge < -0.3 is 10.1 Å². The summed E-state index contributed by atoms with van der Waals surface area (Å²) in [6.07, 6.45) is 1.65. The first-order valence-electron chi connectivity index (χ1n) is 7.72. The van der Waals surface area contributed by atoms with Crippen molar-refractivity contribution in [2.75, 3.05) is 11.9 Å². The molecule has 2 aromatic carbocycles. The number of benzene rings is 2. The molecular weight excluding hydrogens is 467 g/mol. The normalized spacial score (nSPS) is 10.6. The number of anilines is 1. The number of rotatable bonds is 5. The van der Waals surface area contributed by atoms with E-state index >= 15 is 0 Å². The maximum Gasteiger partial charge on any atom is 0.262 e. The highest BCUT2D eigenvalue weighted by atomic mass is 127. The maximum atomic E-state index is 12.2. The molecule has 7 heteroatoms. The van der Waals surface area contributed by atoms with E-state index in [-0.39, 0.29) is 18.3 Å². The highest BCUT2D eigenvalue weighted by molar-refractivity contribution is 14.1. The van der Waals surface area contributed by atoms with Gasteiger partial charge in [0.2, 0.25) is 0 Å². The standard InChI is InChI=1S/C19H14ClIN2O3/c1-11(24)12-4-6-13(7-5-12)23-17(25)10-26-19-16(21)9-15(20)14-3-2-8-22-18(14)19/h2-9H,10H2,1H3,(H,23,25). The molecule has 0 spiro atoms. The van der Waals surface area contributed by atoms with Crippen LogP contribution in [0.1, 0.15) is 17.3 Å². The predicted octanol–water partition coefficient (Wildman–Crippen LogP) is 4.71. The summed E-state index contributed by atoms with van der Waals surface area (Å²) >= 11 is 8.34. The van der Waals surface area contributed by atoms with Gasteiger partial charge in [-0.15, -0.1) is 0 Å². The quantitative estimate of drug-likeness (QED) is 0.424. The molecule has 0 aliphatic rings. The van der Waals surface area contributed by atoms with Crippen LogP contribution in [-0.4, -0.2) is 23.3 Å². The van der Waals surface area contributed by atoms with Crippen LogP contribution in [0.3, 0.4) is 0 Å². The zero-order valence-corrected chi connectivity index (χ0v) is 16.7. The lowest BCUT2D eigenvalue weighted by molar-refractivity contribution is -0.118. The van der Waals surface area contributed by atoms with Gasteiger partial charge in [-0.25, -0.2) is 0 Å². The number of hydrogen-bond acceptors (Lipinski definition) is 4. The second-order valence-corrected chi connectivity index (χ2v) is 7.11. The Morgan fingerprint density at radius 2 is 1.96 bits per heavy atom. The lowest BCUT2D eigenvalue weighted by Crippen LogP contribution is -2.20. The number of hydrogen-bond donors (Lipinski definition) is 1. The number of nitrogens with one attached hydrogen (secondary N) is 1. The predicted molar refractivity (Wildman–Crippen MR) is 110 cm³/mol. The number of aromatic nitrogens is 1. The van der Waals surface area contributed by atoms with Crippen LogP contribution in [0.5, 0.6) is 5.75 Å². The first-order valence-corrected chi connectivity index (χ1v) is 9.18. The van der Waals surface area contributed by atoms with Crippen molar-refractivity contribution >= 4 is 62.5 Å². The van der Waals surface area contributed by atoms with Crippen molar-refractivity contribution in [2.24, 2.45) is 0 Å². The minimum absolute atomic E-state index is 0.0251. The summed E-state index contributed by atoms with van der Waals surface area (Å²) < 4.78 is 6.48. The zero-order chi connectivity index (χ0) is 18.7. The van der Waals surface area contributed by atoms with Gasteiger partial charge in [0.25, 0.3) is 5.91 Å². The highest BCUT2D eigenvalue weighted by Crippen LogP contribution is 2.34. The number of carbonyl (C=O) groups excluding carboxylic acids is 2. The van der Waals surface area contributed by atoms with Crippen molar-refractivity contribution in [2.45, 2.75) is 6.92 Å². The summed E-state index contributed by atoms with van der Waals surface area (Å²) in [5, 5.41) is 4.08. The van der Waals surface area contributed by atoms with E-state index in [4.69, 9.17) is 16.3 Å². The molecule has 0 unspecified atom stereocenters. The van der Waals surface area contributed by atoms with E-state index in [2.05, 4.69) is 32.9 Å². The minimum atomic E-state index is -0.310. The number of Topliss-reactive ketones (excluding diaryl/α,β-unsaturated/α-hetero) is 1. The van der Waals surface area contributed by atoms with Gasteiger partial charge in [0.05, 0.1) is 8.59 Å². The number of nitrogens with zero attached hydrogens (tertiary/aromatic N) is 1. The summed E-state index contributed by atoms with van der Waals surface area (Å²) in [5.74, 6) is 0.186. The zero-order valence-electron chi connectivity index (χ0n) is 13.8. The summed E-state index contributed by atoms with van der Waals surface area (Å²) in [5.41, 5.74) is 1.80. The third-order valence-corrected chi connectivity index (χ3v) is 4.79. The number of halogens is 2. The van der Waals surface area contributed by atoms with Crippen molar-refractivity contribution in [1.29, 1.82) is 0 Å². The van der Waals surface area contributed by atoms with Gasteiger partial charge in [0.1, 0.15) is 5.52 Å². The molecular formula is C19H14ClIN2O3. The number of pyridine rings is 1. The van der Waals surface area contributed by atoms with Crippen molar-refractivity contribution < 1.29 is 14.3 Å². The number of ether oxygens (including phenoxy) is 1. The molecule has 0 fully saturated rings.